The number of hydrogen-bond acceptors (Lipinski definition) is 4. The van der Waals surface area contributed by atoms with Gasteiger partial charge < -0.3 is 21.3 Å². The molecule has 0 saturated carbocycles. The Morgan fingerprint density at radius 2 is 2.06 bits per heavy atom. The monoisotopic (exact) mass is 273 g/mol. The van der Waals surface area contributed by atoms with E-state index in [4.69, 9.17) is 11.5 Å². The van der Waals surface area contributed by atoms with Gasteiger partial charge in [0.25, 0.3) is 0 Å². The molecule has 1 aromatic rings. The third-order valence-corrected chi connectivity index (χ3v) is 3.98. The van der Waals surface area contributed by atoms with E-state index in [1.54, 1.807) is 38.2 Å². The van der Waals surface area contributed by atoms with Gasteiger partial charge in [-0.25, -0.2) is 0 Å². The van der Waals surface area contributed by atoms with Gasteiger partial charge in [0.1, 0.15) is 0 Å². The molecule has 1 rings (SSSR count). The Labute approximate surface area is 107 Å². The van der Waals surface area contributed by atoms with Crippen LogP contribution < -0.4 is 11.5 Å². The third kappa shape index (κ3) is 4.48. The molecule has 2 atom stereocenters. The zero-order valence-corrected chi connectivity index (χ0v) is 11.4. The van der Waals surface area contributed by atoms with Gasteiger partial charge in [-0.2, -0.15) is 0 Å². The molecule has 102 valence electrons. The summed E-state index contributed by atoms with van der Waals surface area (Å²) in [6.07, 6.45) is 1.66. The van der Waals surface area contributed by atoms with Gasteiger partial charge in [0.15, 0.2) is 0 Å². The van der Waals surface area contributed by atoms with E-state index in [1.807, 2.05) is 0 Å². The molecule has 6 nitrogen and oxygen atoms in total. The van der Waals surface area contributed by atoms with Crippen LogP contribution in [0.25, 0.3) is 0 Å². The normalized spacial score (nSPS) is 16.3. The van der Waals surface area contributed by atoms with Crippen LogP contribution in [0, 0.1) is 0 Å². The summed E-state index contributed by atoms with van der Waals surface area (Å²) in [6.45, 7) is 3.42. The summed E-state index contributed by atoms with van der Waals surface area (Å²) in [4.78, 5) is 22.9. The summed E-state index contributed by atoms with van der Waals surface area (Å²) < 4.78 is 11.6. The van der Waals surface area contributed by atoms with Gasteiger partial charge in [0.2, 0.25) is 0 Å². The predicted molar refractivity (Wildman–Crippen MR) is 69.9 cm³/mol. The van der Waals surface area contributed by atoms with Crippen LogP contribution in [-0.2, 0) is 4.57 Å². The summed E-state index contributed by atoms with van der Waals surface area (Å²) in [7, 11) is -4.34. The molecule has 0 aliphatic heterocycles. The largest absolute Gasteiger partial charge is 0.330 e. The van der Waals surface area contributed by atoms with E-state index in [1.165, 1.54) is 0 Å². The van der Waals surface area contributed by atoms with Crippen molar-refractivity contribution in [2.24, 2.45) is 11.5 Å². The Morgan fingerprint density at radius 1 is 1.44 bits per heavy atom. The number of hydrogen-bond donors (Lipinski definition) is 4. The first-order valence-corrected chi connectivity index (χ1v) is 7.30. The first-order chi connectivity index (χ1) is 8.11. The standard InChI is InChI=1S/C11H20N3O3P/c1-11(2,13)7-9(18(15,16)17)10(12)8-5-3-4-6-14-8/h3-6,9-10H,7,12-13H2,1-2H3,(H2,15,16,17). The van der Waals surface area contributed by atoms with Crippen molar-refractivity contribution in [1.82, 2.24) is 4.98 Å². The van der Waals surface area contributed by atoms with E-state index in [9.17, 15) is 14.4 Å². The van der Waals surface area contributed by atoms with Gasteiger partial charge in [-0.05, 0) is 32.4 Å². The molecule has 1 heterocycles. The minimum Gasteiger partial charge on any atom is -0.326 e. The van der Waals surface area contributed by atoms with Crippen molar-refractivity contribution < 1.29 is 14.4 Å². The lowest BCUT2D eigenvalue weighted by Crippen LogP contribution is -2.40. The van der Waals surface area contributed by atoms with E-state index in [0.717, 1.165) is 0 Å². The van der Waals surface area contributed by atoms with Crippen molar-refractivity contribution >= 4 is 7.60 Å². The summed E-state index contributed by atoms with van der Waals surface area (Å²) in [5.74, 6) is 0. The minimum absolute atomic E-state index is 0.120. The van der Waals surface area contributed by atoms with Crippen molar-refractivity contribution in [3.8, 4) is 0 Å². The second-order valence-electron chi connectivity index (χ2n) is 5.13. The smallest absolute Gasteiger partial charge is 0.326 e. The molecule has 0 aromatic carbocycles. The summed E-state index contributed by atoms with van der Waals surface area (Å²) in [5.41, 5.74) is 10.5. The van der Waals surface area contributed by atoms with Crippen LogP contribution in [0.2, 0.25) is 0 Å². The maximum absolute atomic E-state index is 11.6. The fourth-order valence-electron chi connectivity index (χ4n) is 1.76. The summed E-state index contributed by atoms with van der Waals surface area (Å²) >= 11 is 0. The maximum Gasteiger partial charge on any atom is 0.330 e. The van der Waals surface area contributed by atoms with E-state index < -0.39 is 24.8 Å². The molecule has 0 spiro atoms. The quantitative estimate of drug-likeness (QED) is 0.587. The highest BCUT2D eigenvalue weighted by Gasteiger charge is 2.38. The second kappa shape index (κ2) is 5.47. The van der Waals surface area contributed by atoms with Crippen molar-refractivity contribution in [2.75, 3.05) is 0 Å². The molecule has 1 aromatic heterocycles. The van der Waals surface area contributed by atoms with Crippen LogP contribution in [-0.4, -0.2) is 26.0 Å². The van der Waals surface area contributed by atoms with Crippen molar-refractivity contribution in [3.63, 3.8) is 0 Å². The van der Waals surface area contributed by atoms with E-state index in [2.05, 4.69) is 4.98 Å². The number of rotatable bonds is 5. The molecule has 0 fully saturated rings. The van der Waals surface area contributed by atoms with Crippen LogP contribution in [0.5, 0.6) is 0 Å². The lowest BCUT2D eigenvalue weighted by Gasteiger charge is -2.30. The average molecular weight is 273 g/mol. The van der Waals surface area contributed by atoms with Gasteiger partial charge in [0, 0.05) is 11.7 Å². The first kappa shape index (κ1) is 15.3. The number of nitrogens with zero attached hydrogens (tertiary/aromatic N) is 1. The first-order valence-electron chi connectivity index (χ1n) is 5.62. The fraction of sp³-hybridized carbons (Fsp3) is 0.545. The van der Waals surface area contributed by atoms with E-state index in [0.29, 0.717) is 5.69 Å². The van der Waals surface area contributed by atoms with Gasteiger partial charge in [-0.3, -0.25) is 9.55 Å². The SMILES string of the molecule is CC(C)(N)CC(C(N)c1ccccn1)P(=O)(O)O. The van der Waals surface area contributed by atoms with Gasteiger partial charge in [0.05, 0.1) is 17.4 Å². The lowest BCUT2D eigenvalue weighted by atomic mass is 9.95. The molecular weight excluding hydrogens is 253 g/mol. The van der Waals surface area contributed by atoms with Crippen LogP contribution in [0.3, 0.4) is 0 Å². The molecule has 0 amide bonds. The van der Waals surface area contributed by atoms with Crippen molar-refractivity contribution in [1.29, 1.82) is 0 Å². The molecule has 0 radical (unpaired) electrons. The van der Waals surface area contributed by atoms with Crippen LogP contribution in [0.15, 0.2) is 24.4 Å². The minimum atomic E-state index is -4.34. The van der Waals surface area contributed by atoms with Crippen molar-refractivity contribution in [3.05, 3.63) is 30.1 Å². The highest BCUT2D eigenvalue weighted by atomic mass is 31.2. The maximum atomic E-state index is 11.6. The van der Waals surface area contributed by atoms with E-state index >= 15 is 0 Å². The Hall–Kier alpha value is -0.780. The summed E-state index contributed by atoms with van der Waals surface area (Å²) in [6, 6.07) is 4.26. The van der Waals surface area contributed by atoms with E-state index in [-0.39, 0.29) is 6.42 Å². The molecule has 0 aliphatic carbocycles. The molecule has 18 heavy (non-hydrogen) atoms. The Kier molecular flexibility index (Phi) is 4.64. The molecule has 0 aliphatic rings. The topological polar surface area (TPSA) is 122 Å². The third-order valence-electron chi connectivity index (χ3n) is 2.61. The Balaban J connectivity index is 3.01. The zero-order valence-electron chi connectivity index (χ0n) is 10.5. The lowest BCUT2D eigenvalue weighted by molar-refractivity contribution is 0.323. The van der Waals surface area contributed by atoms with Gasteiger partial charge in [-0.15, -0.1) is 0 Å². The van der Waals surface area contributed by atoms with Crippen LogP contribution >= 0.6 is 7.60 Å². The Bertz CT molecular complexity index is 427. The van der Waals surface area contributed by atoms with Crippen molar-refractivity contribution in [2.45, 2.75) is 37.5 Å². The predicted octanol–water partition coefficient (Wildman–Crippen LogP) is 0.755. The second-order valence-corrected chi connectivity index (χ2v) is 6.97. The zero-order chi connectivity index (χ0) is 14.0. The molecule has 0 saturated heterocycles. The fourth-order valence-corrected chi connectivity index (χ4v) is 3.04. The Morgan fingerprint density at radius 3 is 2.44 bits per heavy atom. The number of pyridine rings is 1. The number of nitrogens with two attached hydrogens (primary N) is 2. The molecular formula is C11H20N3O3P. The molecule has 6 N–H and O–H groups in total. The highest BCUT2D eigenvalue weighted by molar-refractivity contribution is 7.52. The van der Waals surface area contributed by atoms with Gasteiger partial charge in [-0.1, -0.05) is 6.07 Å². The van der Waals surface area contributed by atoms with Crippen LogP contribution in [0.1, 0.15) is 32.0 Å². The average Bonchev–Trinajstić information content (AvgIpc) is 2.24. The molecule has 7 heteroatoms. The summed E-state index contributed by atoms with van der Waals surface area (Å²) in [5, 5.41) is 0. The van der Waals surface area contributed by atoms with Crippen LogP contribution in [0.4, 0.5) is 0 Å². The van der Waals surface area contributed by atoms with Gasteiger partial charge >= 0.3 is 7.60 Å². The number of aromatic nitrogens is 1. The molecule has 0 bridgehead atoms. The highest BCUT2D eigenvalue weighted by Crippen LogP contribution is 2.49. The molecule has 2 unspecified atom stereocenters.